The lowest BCUT2D eigenvalue weighted by Gasteiger charge is -2.12. The molecule has 0 aromatic rings. The van der Waals surface area contributed by atoms with Gasteiger partial charge in [0.05, 0.1) is 0 Å². The minimum absolute atomic E-state index is 0.0566. The van der Waals surface area contributed by atoms with Gasteiger partial charge in [0.2, 0.25) is 5.91 Å². The number of amides is 1. The van der Waals surface area contributed by atoms with Crippen LogP contribution in [0.3, 0.4) is 0 Å². The number of allylic oxidation sites excluding steroid dienone is 1. The van der Waals surface area contributed by atoms with Crippen molar-refractivity contribution in [1.29, 1.82) is 0 Å². The van der Waals surface area contributed by atoms with Gasteiger partial charge in [0.25, 0.3) is 0 Å². The van der Waals surface area contributed by atoms with Gasteiger partial charge in [0, 0.05) is 13.2 Å². The van der Waals surface area contributed by atoms with Gasteiger partial charge < -0.3 is 10.4 Å². The van der Waals surface area contributed by atoms with E-state index in [0.717, 1.165) is 12.8 Å². The topological polar surface area (TPSA) is 49.3 Å². The van der Waals surface area contributed by atoms with Crippen LogP contribution in [0.4, 0.5) is 0 Å². The molecule has 1 amide bonds. The Morgan fingerprint density at radius 3 is 2.77 bits per heavy atom. The summed E-state index contributed by atoms with van der Waals surface area (Å²) in [7, 11) is 0. The average Bonchev–Trinajstić information content (AvgIpc) is 2.12. The molecule has 0 spiro atoms. The second kappa shape index (κ2) is 7.80. The predicted octanol–water partition coefficient (Wildman–Crippen LogP) is 1.09. The zero-order valence-electron chi connectivity index (χ0n) is 8.42. The van der Waals surface area contributed by atoms with Crippen LogP contribution in [0.2, 0.25) is 0 Å². The van der Waals surface area contributed by atoms with E-state index in [1.807, 2.05) is 6.92 Å². The first kappa shape index (κ1) is 12.2. The standard InChI is InChI=1S/C10H19NO2/c1-3-5-10(13)11-8-9(4-2)6-7-12/h3,5,9,12H,4,6-8H2,1-2H3,(H,11,13). The van der Waals surface area contributed by atoms with Crippen LogP contribution in [0.15, 0.2) is 12.2 Å². The SMILES string of the molecule is CC=CC(=O)NCC(CC)CCO. The summed E-state index contributed by atoms with van der Waals surface area (Å²) in [4.78, 5) is 11.0. The maximum atomic E-state index is 11.0. The van der Waals surface area contributed by atoms with Crippen molar-refractivity contribution >= 4 is 5.91 Å². The van der Waals surface area contributed by atoms with Crippen molar-refractivity contribution in [2.45, 2.75) is 26.7 Å². The number of rotatable bonds is 6. The summed E-state index contributed by atoms with van der Waals surface area (Å²) in [6.07, 6.45) is 4.96. The second-order valence-corrected chi connectivity index (χ2v) is 3.03. The summed E-state index contributed by atoms with van der Waals surface area (Å²) >= 11 is 0. The third kappa shape index (κ3) is 6.34. The minimum atomic E-state index is -0.0566. The van der Waals surface area contributed by atoms with E-state index in [0.29, 0.717) is 12.5 Å². The highest BCUT2D eigenvalue weighted by Gasteiger charge is 2.05. The molecule has 13 heavy (non-hydrogen) atoms. The highest BCUT2D eigenvalue weighted by atomic mass is 16.3. The Bertz CT molecular complexity index is 166. The molecule has 3 nitrogen and oxygen atoms in total. The van der Waals surface area contributed by atoms with Crippen LogP contribution >= 0.6 is 0 Å². The molecule has 1 atom stereocenters. The molecule has 0 saturated heterocycles. The summed E-state index contributed by atoms with van der Waals surface area (Å²) in [5.74, 6) is 0.332. The first-order valence-electron chi connectivity index (χ1n) is 4.76. The molecule has 0 radical (unpaired) electrons. The van der Waals surface area contributed by atoms with Gasteiger partial charge in [-0.2, -0.15) is 0 Å². The molecule has 0 aromatic carbocycles. The molecule has 3 heteroatoms. The molecule has 0 rings (SSSR count). The van der Waals surface area contributed by atoms with Crippen molar-refractivity contribution in [3.63, 3.8) is 0 Å². The van der Waals surface area contributed by atoms with E-state index in [9.17, 15) is 4.79 Å². The van der Waals surface area contributed by atoms with E-state index in [-0.39, 0.29) is 12.5 Å². The zero-order valence-corrected chi connectivity index (χ0v) is 8.42. The molecule has 0 aliphatic heterocycles. The number of aliphatic hydroxyl groups excluding tert-OH is 1. The molecular weight excluding hydrogens is 166 g/mol. The Balaban J connectivity index is 3.64. The van der Waals surface area contributed by atoms with Crippen molar-refractivity contribution in [2.24, 2.45) is 5.92 Å². The van der Waals surface area contributed by atoms with Gasteiger partial charge in [-0.3, -0.25) is 4.79 Å². The molecule has 2 N–H and O–H groups in total. The number of aliphatic hydroxyl groups is 1. The van der Waals surface area contributed by atoms with Crippen molar-refractivity contribution in [1.82, 2.24) is 5.32 Å². The van der Waals surface area contributed by atoms with Gasteiger partial charge in [0.1, 0.15) is 0 Å². The minimum Gasteiger partial charge on any atom is -0.396 e. The number of hydrogen-bond donors (Lipinski definition) is 2. The van der Waals surface area contributed by atoms with Gasteiger partial charge in [-0.05, 0) is 25.3 Å². The Morgan fingerprint density at radius 2 is 2.31 bits per heavy atom. The maximum absolute atomic E-state index is 11.0. The van der Waals surface area contributed by atoms with Crippen LogP contribution in [0, 0.1) is 5.92 Å². The lowest BCUT2D eigenvalue weighted by Crippen LogP contribution is -2.27. The van der Waals surface area contributed by atoms with Gasteiger partial charge in [-0.15, -0.1) is 0 Å². The largest absolute Gasteiger partial charge is 0.396 e. The fraction of sp³-hybridized carbons (Fsp3) is 0.700. The number of nitrogens with one attached hydrogen (secondary N) is 1. The monoisotopic (exact) mass is 185 g/mol. The first-order valence-corrected chi connectivity index (χ1v) is 4.76. The highest BCUT2D eigenvalue weighted by molar-refractivity contribution is 5.87. The molecule has 0 heterocycles. The highest BCUT2D eigenvalue weighted by Crippen LogP contribution is 2.05. The van der Waals surface area contributed by atoms with E-state index < -0.39 is 0 Å². The second-order valence-electron chi connectivity index (χ2n) is 3.03. The quantitative estimate of drug-likeness (QED) is 0.608. The van der Waals surface area contributed by atoms with E-state index in [4.69, 9.17) is 5.11 Å². The lowest BCUT2D eigenvalue weighted by molar-refractivity contribution is -0.116. The molecule has 0 aliphatic carbocycles. The lowest BCUT2D eigenvalue weighted by atomic mass is 10.0. The van der Waals surface area contributed by atoms with Crippen LogP contribution in [0.1, 0.15) is 26.7 Å². The Hall–Kier alpha value is -0.830. The fourth-order valence-electron chi connectivity index (χ4n) is 1.09. The summed E-state index contributed by atoms with van der Waals surface area (Å²) in [5, 5.41) is 11.5. The summed E-state index contributed by atoms with van der Waals surface area (Å²) in [5.41, 5.74) is 0. The molecule has 0 aromatic heterocycles. The van der Waals surface area contributed by atoms with E-state index >= 15 is 0 Å². The van der Waals surface area contributed by atoms with E-state index in [1.54, 1.807) is 6.08 Å². The molecule has 0 saturated carbocycles. The van der Waals surface area contributed by atoms with Crippen LogP contribution in [-0.2, 0) is 4.79 Å². The van der Waals surface area contributed by atoms with Crippen molar-refractivity contribution in [2.75, 3.05) is 13.2 Å². The van der Waals surface area contributed by atoms with Crippen molar-refractivity contribution in [3.05, 3.63) is 12.2 Å². The number of carbonyl (C=O) groups is 1. The summed E-state index contributed by atoms with van der Waals surface area (Å²) in [6.45, 7) is 4.71. The molecule has 0 aliphatic rings. The van der Waals surface area contributed by atoms with E-state index in [1.165, 1.54) is 6.08 Å². The van der Waals surface area contributed by atoms with Gasteiger partial charge in [-0.25, -0.2) is 0 Å². The number of carbonyl (C=O) groups excluding carboxylic acids is 1. The maximum Gasteiger partial charge on any atom is 0.243 e. The fourth-order valence-corrected chi connectivity index (χ4v) is 1.09. The normalized spacial score (nSPS) is 13.2. The number of hydrogen-bond acceptors (Lipinski definition) is 2. The Morgan fingerprint density at radius 1 is 1.62 bits per heavy atom. The van der Waals surface area contributed by atoms with Crippen LogP contribution in [0.5, 0.6) is 0 Å². The third-order valence-electron chi connectivity index (χ3n) is 2.00. The van der Waals surface area contributed by atoms with Gasteiger partial charge >= 0.3 is 0 Å². The predicted molar refractivity (Wildman–Crippen MR) is 53.3 cm³/mol. The van der Waals surface area contributed by atoms with Gasteiger partial charge in [0.15, 0.2) is 0 Å². The molecular formula is C10H19NO2. The summed E-state index contributed by atoms with van der Waals surface area (Å²) < 4.78 is 0. The van der Waals surface area contributed by atoms with Crippen LogP contribution in [-0.4, -0.2) is 24.2 Å². The van der Waals surface area contributed by atoms with Crippen molar-refractivity contribution < 1.29 is 9.90 Å². The average molecular weight is 185 g/mol. The molecule has 0 fully saturated rings. The summed E-state index contributed by atoms with van der Waals surface area (Å²) in [6, 6.07) is 0. The van der Waals surface area contributed by atoms with Crippen molar-refractivity contribution in [3.8, 4) is 0 Å². The molecule has 0 bridgehead atoms. The Kier molecular flexibility index (Phi) is 7.30. The third-order valence-corrected chi connectivity index (χ3v) is 2.00. The zero-order chi connectivity index (χ0) is 10.1. The molecule has 76 valence electrons. The first-order chi connectivity index (χ1) is 6.24. The van der Waals surface area contributed by atoms with E-state index in [2.05, 4.69) is 12.2 Å². The Labute approximate surface area is 79.8 Å². The van der Waals surface area contributed by atoms with Gasteiger partial charge in [-0.1, -0.05) is 19.4 Å². The van der Waals surface area contributed by atoms with Crippen LogP contribution in [0.25, 0.3) is 0 Å². The smallest absolute Gasteiger partial charge is 0.243 e. The molecule has 1 unspecified atom stereocenters. The van der Waals surface area contributed by atoms with Crippen LogP contribution < -0.4 is 5.32 Å².